The fourth-order valence-corrected chi connectivity index (χ4v) is 3.19. The monoisotopic (exact) mass is 433 g/mol. The number of nitrogens with zero attached hydrogens (tertiary/aromatic N) is 6. The summed E-state index contributed by atoms with van der Waals surface area (Å²) in [7, 11) is 0. The molecule has 0 aromatic carbocycles. The van der Waals surface area contributed by atoms with Gasteiger partial charge in [-0.15, -0.1) is 10.2 Å². The van der Waals surface area contributed by atoms with Gasteiger partial charge in [0.15, 0.2) is 5.76 Å². The van der Waals surface area contributed by atoms with Crippen molar-refractivity contribution in [3.05, 3.63) is 17.9 Å². The van der Waals surface area contributed by atoms with Crippen LogP contribution >= 0.6 is 0 Å². The van der Waals surface area contributed by atoms with E-state index in [-0.39, 0.29) is 30.4 Å². The minimum atomic E-state index is -0.375. The second kappa shape index (κ2) is 10.0. The van der Waals surface area contributed by atoms with Crippen molar-refractivity contribution in [1.82, 2.24) is 35.3 Å². The van der Waals surface area contributed by atoms with Crippen LogP contribution in [0.2, 0.25) is 0 Å². The average molecular weight is 434 g/mol. The summed E-state index contributed by atoms with van der Waals surface area (Å²) >= 11 is 0. The molecule has 0 aliphatic carbocycles. The van der Waals surface area contributed by atoms with Gasteiger partial charge in [-0.2, -0.15) is 4.80 Å². The van der Waals surface area contributed by atoms with Crippen molar-refractivity contribution in [2.75, 3.05) is 45.9 Å². The van der Waals surface area contributed by atoms with Crippen LogP contribution in [0.25, 0.3) is 11.6 Å². The predicted octanol–water partition coefficient (Wildman–Crippen LogP) is 0.317. The lowest BCUT2D eigenvalue weighted by Crippen LogP contribution is -2.50. The summed E-state index contributed by atoms with van der Waals surface area (Å²) in [6, 6.07) is 3.56. The second-order valence-electron chi connectivity index (χ2n) is 8.62. The largest absolute Gasteiger partial charge is 0.458 e. The van der Waals surface area contributed by atoms with Crippen LogP contribution in [0.4, 0.5) is 0 Å². The molecule has 0 atom stereocenters. The van der Waals surface area contributed by atoms with Crippen LogP contribution in [0.3, 0.4) is 0 Å². The maximum Gasteiger partial charge on any atom is 0.246 e. The van der Waals surface area contributed by atoms with Gasteiger partial charge < -0.3 is 19.4 Å². The Kier molecular flexibility index (Phi) is 7.39. The zero-order chi connectivity index (χ0) is 22.4. The maximum absolute atomic E-state index is 13.0. The molecule has 170 valence electrons. The Morgan fingerprint density at radius 3 is 2.61 bits per heavy atom. The van der Waals surface area contributed by atoms with Gasteiger partial charge in [-0.05, 0) is 45.0 Å². The molecule has 31 heavy (non-hydrogen) atoms. The number of carbonyl (C=O) groups excluding carboxylic acids is 2. The Hall–Kier alpha value is -2.79. The van der Waals surface area contributed by atoms with Crippen molar-refractivity contribution >= 4 is 11.8 Å². The molecule has 0 spiro atoms. The molecular formula is C20H31N7O4. The van der Waals surface area contributed by atoms with Gasteiger partial charge in [0.05, 0.1) is 19.8 Å². The lowest BCUT2D eigenvalue weighted by atomic mass is 10.1. The van der Waals surface area contributed by atoms with Gasteiger partial charge in [0, 0.05) is 31.7 Å². The number of amides is 2. The first-order valence-corrected chi connectivity index (χ1v) is 10.4. The highest BCUT2D eigenvalue weighted by Crippen LogP contribution is 2.16. The normalized spacial score (nSPS) is 15.1. The highest BCUT2D eigenvalue weighted by Gasteiger charge is 2.23. The van der Waals surface area contributed by atoms with E-state index >= 15 is 0 Å². The van der Waals surface area contributed by atoms with Crippen LogP contribution in [0.1, 0.15) is 26.5 Å². The Labute approximate surface area is 181 Å². The maximum atomic E-state index is 13.0. The molecule has 1 N–H and O–H groups in total. The number of aryl methyl sites for hydroxylation is 1. The fourth-order valence-electron chi connectivity index (χ4n) is 3.19. The molecule has 2 amide bonds. The third-order valence-electron chi connectivity index (χ3n) is 4.68. The summed E-state index contributed by atoms with van der Waals surface area (Å²) in [5.41, 5.74) is -0.375. The molecule has 1 saturated heterocycles. The molecule has 0 saturated carbocycles. The standard InChI is InChI=1S/C20H31N7O4/c1-15-5-6-16(31-15)19-22-24-27(23-19)14-18(29)26(13-17(28)21-20(2,3)4)8-7-25-9-11-30-12-10-25/h5-6H,7-14H2,1-4H3,(H,21,28). The zero-order valence-electron chi connectivity index (χ0n) is 18.6. The van der Waals surface area contributed by atoms with E-state index < -0.39 is 0 Å². The van der Waals surface area contributed by atoms with E-state index in [0.717, 1.165) is 18.8 Å². The van der Waals surface area contributed by atoms with E-state index in [1.807, 2.05) is 33.8 Å². The van der Waals surface area contributed by atoms with E-state index in [9.17, 15) is 9.59 Å². The molecular weight excluding hydrogens is 402 g/mol. The van der Waals surface area contributed by atoms with E-state index in [1.165, 1.54) is 9.70 Å². The molecule has 1 aliphatic heterocycles. The first-order valence-electron chi connectivity index (χ1n) is 10.4. The number of rotatable bonds is 8. The summed E-state index contributed by atoms with van der Waals surface area (Å²) in [6.07, 6.45) is 0. The summed E-state index contributed by atoms with van der Waals surface area (Å²) in [5, 5.41) is 15.0. The van der Waals surface area contributed by atoms with Crippen LogP contribution in [-0.2, 0) is 20.9 Å². The third-order valence-corrected chi connectivity index (χ3v) is 4.68. The number of tetrazole rings is 1. The highest BCUT2D eigenvalue weighted by molar-refractivity contribution is 5.85. The van der Waals surface area contributed by atoms with Crippen molar-refractivity contribution in [3.63, 3.8) is 0 Å². The number of nitrogens with one attached hydrogen (secondary N) is 1. The average Bonchev–Trinajstić information content (AvgIpc) is 3.33. The van der Waals surface area contributed by atoms with Crippen molar-refractivity contribution in [2.45, 2.75) is 39.8 Å². The van der Waals surface area contributed by atoms with Gasteiger partial charge in [0.1, 0.15) is 12.3 Å². The number of morpholine rings is 1. The van der Waals surface area contributed by atoms with Crippen molar-refractivity contribution in [3.8, 4) is 11.6 Å². The molecule has 0 bridgehead atoms. The minimum Gasteiger partial charge on any atom is -0.458 e. The molecule has 11 nitrogen and oxygen atoms in total. The predicted molar refractivity (Wildman–Crippen MR) is 112 cm³/mol. The molecule has 0 radical (unpaired) electrons. The summed E-state index contributed by atoms with van der Waals surface area (Å²) in [4.78, 5) is 30.4. The third kappa shape index (κ3) is 7.14. The van der Waals surface area contributed by atoms with Crippen LogP contribution < -0.4 is 5.32 Å². The fraction of sp³-hybridized carbons (Fsp3) is 0.650. The lowest BCUT2D eigenvalue weighted by molar-refractivity contribution is -0.137. The van der Waals surface area contributed by atoms with Gasteiger partial charge in [-0.1, -0.05) is 0 Å². The minimum absolute atomic E-state index is 0.0284. The van der Waals surface area contributed by atoms with E-state index in [0.29, 0.717) is 37.9 Å². The van der Waals surface area contributed by atoms with Crippen LogP contribution in [0.5, 0.6) is 0 Å². The second-order valence-corrected chi connectivity index (χ2v) is 8.62. The summed E-state index contributed by atoms with van der Waals surface area (Å²) in [6.45, 7) is 11.5. The van der Waals surface area contributed by atoms with Gasteiger partial charge in [-0.25, -0.2) is 0 Å². The van der Waals surface area contributed by atoms with E-state index in [2.05, 4.69) is 25.6 Å². The highest BCUT2D eigenvalue weighted by atomic mass is 16.5. The van der Waals surface area contributed by atoms with E-state index in [4.69, 9.17) is 9.15 Å². The number of aromatic nitrogens is 4. The molecule has 11 heteroatoms. The number of hydrogen-bond donors (Lipinski definition) is 1. The SMILES string of the molecule is Cc1ccc(-c2nnn(CC(=O)N(CCN3CCOCC3)CC(=O)NC(C)(C)C)n2)o1. The molecule has 3 heterocycles. The Bertz CT molecular complexity index is 880. The Morgan fingerprint density at radius 2 is 1.97 bits per heavy atom. The van der Waals surface area contributed by atoms with Crippen LogP contribution in [-0.4, -0.2) is 93.3 Å². The quantitative estimate of drug-likeness (QED) is 0.632. The Morgan fingerprint density at radius 1 is 1.23 bits per heavy atom. The lowest BCUT2D eigenvalue weighted by Gasteiger charge is -2.30. The number of hydrogen-bond acceptors (Lipinski definition) is 8. The molecule has 1 aliphatic rings. The van der Waals surface area contributed by atoms with Gasteiger partial charge in [0.25, 0.3) is 0 Å². The molecule has 0 unspecified atom stereocenters. The van der Waals surface area contributed by atoms with E-state index in [1.54, 1.807) is 6.07 Å². The molecule has 2 aromatic rings. The number of ether oxygens (including phenoxy) is 1. The topological polar surface area (TPSA) is 119 Å². The number of furan rings is 1. The summed E-state index contributed by atoms with van der Waals surface area (Å²) in [5.74, 6) is 1.08. The van der Waals surface area contributed by atoms with Crippen LogP contribution in [0, 0.1) is 6.92 Å². The number of carbonyl (C=O) groups is 2. The van der Waals surface area contributed by atoms with Gasteiger partial charge >= 0.3 is 0 Å². The summed E-state index contributed by atoms with van der Waals surface area (Å²) < 4.78 is 10.9. The molecule has 1 fully saturated rings. The van der Waals surface area contributed by atoms with Crippen LogP contribution in [0.15, 0.2) is 16.5 Å². The van der Waals surface area contributed by atoms with Crippen molar-refractivity contribution in [1.29, 1.82) is 0 Å². The smallest absolute Gasteiger partial charge is 0.246 e. The Balaban J connectivity index is 1.64. The van der Waals surface area contributed by atoms with Gasteiger partial charge in [0.2, 0.25) is 17.6 Å². The van der Waals surface area contributed by atoms with Crippen molar-refractivity contribution < 1.29 is 18.7 Å². The van der Waals surface area contributed by atoms with Gasteiger partial charge in [-0.3, -0.25) is 14.5 Å². The van der Waals surface area contributed by atoms with Crippen molar-refractivity contribution in [2.24, 2.45) is 0 Å². The zero-order valence-corrected chi connectivity index (χ0v) is 18.6. The first-order chi connectivity index (χ1) is 14.7. The first kappa shape index (κ1) is 22.9. The molecule has 2 aromatic heterocycles. The molecule has 3 rings (SSSR count).